The molecule has 120 valence electrons. The maximum Gasteiger partial charge on any atom is 0.311 e. The van der Waals surface area contributed by atoms with Gasteiger partial charge in [0.15, 0.2) is 5.75 Å². The molecule has 7 nitrogen and oxygen atoms in total. The number of benzene rings is 2. The summed E-state index contributed by atoms with van der Waals surface area (Å²) >= 11 is 0. The monoisotopic (exact) mass is 316 g/mol. The molecule has 2 aromatic rings. The van der Waals surface area contributed by atoms with E-state index in [1.54, 1.807) is 25.3 Å². The normalized spacial score (nSPS) is 11.7. The fourth-order valence-corrected chi connectivity index (χ4v) is 2.02. The average Bonchev–Trinajstić information content (AvgIpc) is 2.54. The highest BCUT2D eigenvalue weighted by atomic mass is 16.6. The predicted molar refractivity (Wildman–Crippen MR) is 84.6 cm³/mol. The van der Waals surface area contributed by atoms with Gasteiger partial charge in [-0.05, 0) is 36.8 Å². The first-order valence-corrected chi connectivity index (χ1v) is 6.84. The molecule has 23 heavy (non-hydrogen) atoms. The molecule has 2 N–H and O–H groups in total. The van der Waals surface area contributed by atoms with E-state index in [9.17, 15) is 20.0 Å². The second-order valence-electron chi connectivity index (χ2n) is 4.92. The Hall–Kier alpha value is -2.93. The van der Waals surface area contributed by atoms with Crippen molar-refractivity contribution < 1.29 is 19.6 Å². The molecule has 0 aliphatic heterocycles. The van der Waals surface area contributed by atoms with Gasteiger partial charge < -0.3 is 15.2 Å². The van der Waals surface area contributed by atoms with Crippen molar-refractivity contribution in [1.82, 2.24) is 0 Å². The van der Waals surface area contributed by atoms with E-state index in [1.165, 1.54) is 6.07 Å². The van der Waals surface area contributed by atoms with Gasteiger partial charge in [-0.2, -0.15) is 0 Å². The lowest BCUT2D eigenvalue weighted by atomic mass is 10.1. The molecule has 0 heterocycles. The largest absolute Gasteiger partial charge is 0.502 e. The summed E-state index contributed by atoms with van der Waals surface area (Å²) in [5, 5.41) is 22.9. The Balaban J connectivity index is 2.22. The Labute approximate surface area is 132 Å². The maximum atomic E-state index is 12.2. The van der Waals surface area contributed by atoms with Crippen LogP contribution >= 0.6 is 0 Å². The molecule has 0 spiro atoms. The lowest BCUT2D eigenvalue weighted by Gasteiger charge is -2.12. The number of nitrogens with one attached hydrogen (secondary N) is 1. The summed E-state index contributed by atoms with van der Waals surface area (Å²) < 4.78 is 5.22. The summed E-state index contributed by atoms with van der Waals surface area (Å²) in [6, 6.07) is 10.6. The Morgan fingerprint density at radius 1 is 1.30 bits per heavy atom. The van der Waals surface area contributed by atoms with Gasteiger partial charge in [-0.3, -0.25) is 14.9 Å². The first kappa shape index (κ1) is 16.4. The summed E-state index contributed by atoms with van der Waals surface area (Å²) in [7, 11) is 1.59. The topological polar surface area (TPSA) is 102 Å². The lowest BCUT2D eigenvalue weighted by molar-refractivity contribution is -0.385. The molecule has 0 radical (unpaired) electrons. The standard InChI is InChI=1S/C16H16N2O5/c1-10(23-2)11-4-3-5-13(8-11)17-16(20)12-6-7-15(19)14(9-12)18(21)22/h3-10,19H,1-2H3,(H,17,20). The van der Waals surface area contributed by atoms with Gasteiger partial charge in [0.2, 0.25) is 0 Å². The van der Waals surface area contributed by atoms with Crippen LogP contribution in [0.5, 0.6) is 5.75 Å². The summed E-state index contributed by atoms with van der Waals surface area (Å²) in [5.41, 5.74) is 1.01. The maximum absolute atomic E-state index is 12.2. The molecule has 0 aliphatic rings. The van der Waals surface area contributed by atoms with Crippen LogP contribution in [0, 0.1) is 10.1 Å². The molecule has 0 bridgehead atoms. The van der Waals surface area contributed by atoms with Gasteiger partial charge in [-0.15, -0.1) is 0 Å². The number of anilines is 1. The minimum absolute atomic E-state index is 0.0830. The Kier molecular flexibility index (Phi) is 4.92. The van der Waals surface area contributed by atoms with Gasteiger partial charge in [0.1, 0.15) is 0 Å². The Morgan fingerprint density at radius 3 is 2.70 bits per heavy atom. The van der Waals surface area contributed by atoms with Crippen LogP contribution in [0.15, 0.2) is 42.5 Å². The van der Waals surface area contributed by atoms with E-state index >= 15 is 0 Å². The number of nitro groups is 1. The number of phenols is 1. The van der Waals surface area contributed by atoms with E-state index in [1.807, 2.05) is 13.0 Å². The minimum Gasteiger partial charge on any atom is -0.502 e. The van der Waals surface area contributed by atoms with Crippen molar-refractivity contribution in [2.24, 2.45) is 0 Å². The molecule has 1 unspecified atom stereocenters. The smallest absolute Gasteiger partial charge is 0.311 e. The molecular formula is C16H16N2O5. The van der Waals surface area contributed by atoms with Crippen molar-refractivity contribution in [3.05, 3.63) is 63.7 Å². The molecule has 1 atom stereocenters. The van der Waals surface area contributed by atoms with Crippen molar-refractivity contribution in [2.45, 2.75) is 13.0 Å². The van der Waals surface area contributed by atoms with Crippen LogP contribution in [-0.2, 0) is 4.74 Å². The van der Waals surface area contributed by atoms with Crippen molar-refractivity contribution in [2.75, 3.05) is 12.4 Å². The zero-order valence-electron chi connectivity index (χ0n) is 12.6. The number of nitrogens with zero attached hydrogens (tertiary/aromatic N) is 1. The Morgan fingerprint density at radius 2 is 2.04 bits per heavy atom. The number of phenolic OH excluding ortho intramolecular Hbond substituents is 1. The van der Waals surface area contributed by atoms with Crippen molar-refractivity contribution in [3.8, 4) is 5.75 Å². The van der Waals surface area contributed by atoms with E-state index in [4.69, 9.17) is 4.74 Å². The molecule has 0 aliphatic carbocycles. The third-order valence-corrected chi connectivity index (χ3v) is 3.40. The van der Waals surface area contributed by atoms with Crippen LogP contribution in [-0.4, -0.2) is 23.0 Å². The third-order valence-electron chi connectivity index (χ3n) is 3.40. The summed E-state index contributed by atoms with van der Waals surface area (Å²) in [6.45, 7) is 1.88. The van der Waals surface area contributed by atoms with E-state index < -0.39 is 22.3 Å². The molecule has 0 saturated carbocycles. The summed E-state index contributed by atoms with van der Waals surface area (Å²) in [6.07, 6.45) is -0.124. The van der Waals surface area contributed by atoms with Crippen molar-refractivity contribution in [3.63, 3.8) is 0 Å². The molecule has 2 rings (SSSR count). The predicted octanol–water partition coefficient (Wildman–Crippen LogP) is 3.26. The highest BCUT2D eigenvalue weighted by Crippen LogP contribution is 2.27. The van der Waals surface area contributed by atoms with Crippen molar-refractivity contribution in [1.29, 1.82) is 0 Å². The van der Waals surface area contributed by atoms with Crippen molar-refractivity contribution >= 4 is 17.3 Å². The second-order valence-corrected chi connectivity index (χ2v) is 4.92. The fraction of sp³-hybridized carbons (Fsp3) is 0.188. The van der Waals surface area contributed by atoms with E-state index in [0.29, 0.717) is 5.69 Å². The van der Waals surface area contributed by atoms with Crippen LogP contribution in [0.4, 0.5) is 11.4 Å². The average molecular weight is 316 g/mol. The quantitative estimate of drug-likeness (QED) is 0.651. The molecular weight excluding hydrogens is 300 g/mol. The number of nitro benzene ring substituents is 1. The second kappa shape index (κ2) is 6.89. The number of rotatable bonds is 5. The van der Waals surface area contributed by atoms with Gasteiger partial charge >= 0.3 is 5.69 Å². The van der Waals surface area contributed by atoms with Crippen LogP contribution in [0.1, 0.15) is 28.9 Å². The van der Waals surface area contributed by atoms with E-state index in [-0.39, 0.29) is 11.7 Å². The van der Waals surface area contributed by atoms with Gasteiger partial charge in [-0.1, -0.05) is 12.1 Å². The van der Waals surface area contributed by atoms with Gasteiger partial charge in [0.25, 0.3) is 5.91 Å². The lowest BCUT2D eigenvalue weighted by Crippen LogP contribution is -2.12. The molecule has 2 aromatic carbocycles. The van der Waals surface area contributed by atoms with E-state index in [0.717, 1.165) is 17.7 Å². The molecule has 0 fully saturated rings. The SMILES string of the molecule is COC(C)c1cccc(NC(=O)c2ccc(O)c([N+](=O)[O-])c2)c1. The minimum atomic E-state index is -0.743. The van der Waals surface area contributed by atoms with Gasteiger partial charge in [-0.25, -0.2) is 0 Å². The highest BCUT2D eigenvalue weighted by Gasteiger charge is 2.17. The molecule has 7 heteroatoms. The first-order chi connectivity index (χ1) is 10.9. The molecule has 1 amide bonds. The fourth-order valence-electron chi connectivity index (χ4n) is 2.02. The van der Waals surface area contributed by atoms with Crippen LogP contribution in [0.2, 0.25) is 0 Å². The Bertz CT molecular complexity index is 745. The van der Waals surface area contributed by atoms with Crippen LogP contribution in [0.25, 0.3) is 0 Å². The number of methoxy groups -OCH3 is 1. The number of carbonyl (C=O) groups excluding carboxylic acids is 1. The van der Waals surface area contributed by atoms with E-state index in [2.05, 4.69) is 5.32 Å². The number of hydrogen-bond acceptors (Lipinski definition) is 5. The zero-order chi connectivity index (χ0) is 17.0. The zero-order valence-corrected chi connectivity index (χ0v) is 12.6. The van der Waals surface area contributed by atoms with Crippen LogP contribution in [0.3, 0.4) is 0 Å². The number of aromatic hydroxyl groups is 1. The molecule has 0 aromatic heterocycles. The number of carbonyl (C=O) groups is 1. The highest BCUT2D eigenvalue weighted by molar-refractivity contribution is 6.04. The number of ether oxygens (including phenoxy) is 1. The van der Waals surface area contributed by atoms with Crippen LogP contribution < -0.4 is 5.32 Å². The van der Waals surface area contributed by atoms with Gasteiger partial charge in [0.05, 0.1) is 11.0 Å². The number of hydrogen-bond donors (Lipinski definition) is 2. The molecule has 0 saturated heterocycles. The first-order valence-electron chi connectivity index (χ1n) is 6.84. The third kappa shape index (κ3) is 3.83. The number of amides is 1. The summed E-state index contributed by atoms with van der Waals surface area (Å²) in [4.78, 5) is 22.3. The van der Waals surface area contributed by atoms with Gasteiger partial charge in [0, 0.05) is 24.4 Å². The summed E-state index contributed by atoms with van der Waals surface area (Å²) in [5.74, 6) is -0.988.